The summed E-state index contributed by atoms with van der Waals surface area (Å²) in [4.78, 5) is 0. The van der Waals surface area contributed by atoms with Crippen molar-refractivity contribution in [1.29, 1.82) is 0 Å². The van der Waals surface area contributed by atoms with E-state index >= 15 is 0 Å². The van der Waals surface area contributed by atoms with Crippen LogP contribution in [-0.4, -0.2) is 66.8 Å². The average molecular weight is 346 g/mol. The van der Waals surface area contributed by atoms with Crippen LogP contribution in [0.4, 0.5) is 0 Å². The lowest BCUT2D eigenvalue weighted by atomic mass is 10.2. The van der Waals surface area contributed by atoms with E-state index in [2.05, 4.69) is 0 Å². The van der Waals surface area contributed by atoms with Gasteiger partial charge in [0.1, 0.15) is 0 Å². The van der Waals surface area contributed by atoms with Gasteiger partial charge in [0.05, 0.1) is 38.1 Å². The van der Waals surface area contributed by atoms with E-state index in [1.807, 2.05) is 6.55 Å². The van der Waals surface area contributed by atoms with Crippen LogP contribution in [0.15, 0.2) is 0 Å². The monoisotopic (exact) mass is 346 g/mol. The zero-order valence-corrected chi connectivity index (χ0v) is 15.2. The van der Waals surface area contributed by atoms with Crippen LogP contribution in [0.1, 0.15) is 38.5 Å². The lowest BCUT2D eigenvalue weighted by molar-refractivity contribution is -0.0241. The van der Waals surface area contributed by atoms with Gasteiger partial charge in [0.15, 0.2) is 0 Å². The van der Waals surface area contributed by atoms with Crippen molar-refractivity contribution in [3.05, 3.63) is 0 Å². The number of ether oxygens (including phenoxy) is 3. The third-order valence-electron chi connectivity index (χ3n) is 4.67. The maximum absolute atomic E-state index is 6.09. The summed E-state index contributed by atoms with van der Waals surface area (Å²) in [5.74, 6) is 0. The van der Waals surface area contributed by atoms with Crippen LogP contribution in [-0.2, 0) is 27.5 Å². The van der Waals surface area contributed by atoms with Crippen molar-refractivity contribution < 1.29 is 27.5 Å². The molecular formula is C16H30O6Si. The molecule has 3 heterocycles. The van der Waals surface area contributed by atoms with E-state index in [0.717, 1.165) is 58.3 Å². The minimum atomic E-state index is -2.69. The van der Waals surface area contributed by atoms with Crippen LogP contribution < -0.4 is 0 Å². The quantitative estimate of drug-likeness (QED) is 0.596. The maximum Gasteiger partial charge on any atom is 0.497 e. The van der Waals surface area contributed by atoms with Crippen molar-refractivity contribution >= 4 is 8.80 Å². The van der Waals surface area contributed by atoms with Crippen molar-refractivity contribution in [2.45, 2.75) is 63.4 Å². The third-order valence-corrected chi connectivity index (χ3v) is 6.74. The molecule has 134 valence electrons. The maximum atomic E-state index is 6.09. The Kier molecular flexibility index (Phi) is 6.88. The molecule has 6 nitrogen and oxygen atoms in total. The third kappa shape index (κ3) is 5.77. The molecule has 0 amide bonds. The molecule has 3 saturated heterocycles. The molecule has 23 heavy (non-hydrogen) atoms. The van der Waals surface area contributed by atoms with Gasteiger partial charge in [-0.05, 0) is 38.5 Å². The van der Waals surface area contributed by atoms with Gasteiger partial charge in [-0.3, -0.25) is 0 Å². The smallest absolute Gasteiger partial charge is 0.376 e. The van der Waals surface area contributed by atoms with Gasteiger partial charge in [-0.2, -0.15) is 0 Å². The molecular weight excluding hydrogens is 316 g/mol. The highest BCUT2D eigenvalue weighted by Gasteiger charge is 2.38. The minimum Gasteiger partial charge on any atom is -0.376 e. The molecule has 0 aromatic rings. The number of hydrogen-bond donors (Lipinski definition) is 0. The molecule has 3 unspecified atom stereocenters. The average Bonchev–Trinajstić information content (AvgIpc) is 3.33. The highest BCUT2D eigenvalue weighted by atomic mass is 28.4. The number of rotatable bonds is 9. The molecule has 0 N–H and O–H groups in total. The van der Waals surface area contributed by atoms with Gasteiger partial charge < -0.3 is 27.5 Å². The fourth-order valence-electron chi connectivity index (χ4n) is 3.19. The molecule has 0 saturated carbocycles. The molecule has 0 spiro atoms. The summed E-state index contributed by atoms with van der Waals surface area (Å²) < 4.78 is 35.2. The molecule has 0 aromatic carbocycles. The van der Waals surface area contributed by atoms with Crippen molar-refractivity contribution in [3.63, 3.8) is 0 Å². The van der Waals surface area contributed by atoms with Gasteiger partial charge in [0.2, 0.25) is 0 Å². The van der Waals surface area contributed by atoms with E-state index in [1.165, 1.54) is 0 Å². The summed E-state index contributed by atoms with van der Waals surface area (Å²) in [7, 11) is -2.69. The van der Waals surface area contributed by atoms with Crippen LogP contribution in [0.2, 0.25) is 6.55 Å². The van der Waals surface area contributed by atoms with Gasteiger partial charge >= 0.3 is 8.80 Å². The largest absolute Gasteiger partial charge is 0.497 e. The summed E-state index contributed by atoms with van der Waals surface area (Å²) in [6.45, 7) is 6.14. The molecule has 3 fully saturated rings. The minimum absolute atomic E-state index is 0.180. The van der Waals surface area contributed by atoms with Crippen molar-refractivity contribution in [3.8, 4) is 0 Å². The predicted octanol–water partition coefficient (Wildman–Crippen LogP) is 2.14. The summed E-state index contributed by atoms with van der Waals surface area (Å²) in [6.07, 6.45) is 7.05. The second-order valence-corrected chi connectivity index (χ2v) is 9.29. The molecule has 3 aliphatic rings. The van der Waals surface area contributed by atoms with E-state index < -0.39 is 8.80 Å². The Morgan fingerprint density at radius 1 is 0.696 bits per heavy atom. The summed E-state index contributed by atoms with van der Waals surface area (Å²) in [5, 5.41) is 0. The van der Waals surface area contributed by atoms with Crippen LogP contribution in [0.5, 0.6) is 0 Å². The van der Waals surface area contributed by atoms with Crippen molar-refractivity contribution in [1.82, 2.24) is 0 Å². The highest BCUT2D eigenvalue weighted by molar-refractivity contribution is 6.59. The Hall–Kier alpha value is -0.0231. The molecule has 3 atom stereocenters. The molecule has 0 aliphatic carbocycles. The Morgan fingerprint density at radius 2 is 1.04 bits per heavy atom. The standard InChI is InChI=1S/C16H30O6Si/c1-23(20-11-14-5-2-8-17-14,21-12-15-6-3-9-18-15)22-13-16-7-4-10-19-16/h14-16H,2-13H2,1H3. The topological polar surface area (TPSA) is 55.4 Å². The van der Waals surface area contributed by atoms with Gasteiger partial charge in [0.25, 0.3) is 0 Å². The van der Waals surface area contributed by atoms with Gasteiger partial charge in [-0.25, -0.2) is 0 Å². The zero-order valence-electron chi connectivity index (χ0n) is 14.2. The molecule has 0 aromatic heterocycles. The van der Waals surface area contributed by atoms with E-state index in [0.29, 0.717) is 19.8 Å². The normalized spacial score (nSPS) is 34.0. The molecule has 0 radical (unpaired) electrons. The molecule has 3 rings (SSSR count). The van der Waals surface area contributed by atoms with Crippen LogP contribution in [0.3, 0.4) is 0 Å². The van der Waals surface area contributed by atoms with E-state index in [9.17, 15) is 0 Å². The Balaban J connectivity index is 1.46. The van der Waals surface area contributed by atoms with Gasteiger partial charge in [-0.1, -0.05) is 0 Å². The first-order valence-corrected chi connectivity index (χ1v) is 11.2. The SMILES string of the molecule is C[Si](OCC1CCCO1)(OCC1CCCO1)OCC1CCCO1. The second-order valence-electron chi connectivity index (χ2n) is 6.70. The van der Waals surface area contributed by atoms with Crippen LogP contribution in [0, 0.1) is 0 Å². The van der Waals surface area contributed by atoms with Crippen LogP contribution in [0.25, 0.3) is 0 Å². The van der Waals surface area contributed by atoms with Gasteiger partial charge in [-0.15, -0.1) is 0 Å². The van der Waals surface area contributed by atoms with E-state index in [4.69, 9.17) is 27.5 Å². The van der Waals surface area contributed by atoms with Crippen molar-refractivity contribution in [2.24, 2.45) is 0 Å². The lowest BCUT2D eigenvalue weighted by Crippen LogP contribution is -2.47. The first-order valence-electron chi connectivity index (χ1n) is 9.00. The summed E-state index contributed by atoms with van der Waals surface area (Å²) >= 11 is 0. The molecule has 0 bridgehead atoms. The Labute approximate surface area is 140 Å². The first kappa shape index (κ1) is 17.8. The van der Waals surface area contributed by atoms with Gasteiger partial charge in [0, 0.05) is 26.4 Å². The second kappa shape index (κ2) is 8.89. The van der Waals surface area contributed by atoms with E-state index in [-0.39, 0.29) is 18.3 Å². The Morgan fingerprint density at radius 3 is 1.30 bits per heavy atom. The first-order chi connectivity index (χ1) is 11.2. The highest BCUT2D eigenvalue weighted by Crippen LogP contribution is 2.21. The van der Waals surface area contributed by atoms with E-state index in [1.54, 1.807) is 0 Å². The fraction of sp³-hybridized carbons (Fsp3) is 1.00. The predicted molar refractivity (Wildman–Crippen MR) is 86.4 cm³/mol. The fourth-order valence-corrected chi connectivity index (χ4v) is 4.90. The lowest BCUT2D eigenvalue weighted by Gasteiger charge is -2.29. The zero-order chi connectivity index (χ0) is 16.0. The van der Waals surface area contributed by atoms with Crippen molar-refractivity contribution in [2.75, 3.05) is 39.6 Å². The summed E-state index contributed by atoms with van der Waals surface area (Å²) in [6, 6.07) is 0. The van der Waals surface area contributed by atoms with Crippen LogP contribution >= 0.6 is 0 Å². The molecule has 7 heteroatoms. The molecule has 3 aliphatic heterocycles. The Bertz CT molecular complexity index is 287. The number of hydrogen-bond acceptors (Lipinski definition) is 6. The summed E-state index contributed by atoms with van der Waals surface area (Å²) in [5.41, 5.74) is 0.